The van der Waals surface area contributed by atoms with Gasteiger partial charge in [0.05, 0.1) is 13.0 Å². The van der Waals surface area contributed by atoms with Crippen molar-refractivity contribution in [2.45, 2.75) is 31.3 Å². The van der Waals surface area contributed by atoms with Crippen molar-refractivity contribution >= 4 is 5.91 Å². The largest absolute Gasteiger partial charge is 0.383 e. The lowest BCUT2D eigenvalue weighted by Crippen LogP contribution is -2.56. The van der Waals surface area contributed by atoms with Crippen molar-refractivity contribution in [3.63, 3.8) is 0 Å². The number of carbonyl (C=O) groups excluding carboxylic acids is 1. The number of benzene rings is 1. The van der Waals surface area contributed by atoms with E-state index in [9.17, 15) is 9.18 Å². The molecule has 0 aromatic heterocycles. The molecule has 0 N–H and O–H groups in total. The number of piperazine rings is 1. The normalized spacial score (nSPS) is 24.7. The van der Waals surface area contributed by atoms with Crippen LogP contribution in [0, 0.1) is 5.82 Å². The SMILES string of the molecule is COCCN1[C@H]2CC[C@H]1CN(C(=O)Cc1cccc(F)c1)C2. The summed E-state index contributed by atoms with van der Waals surface area (Å²) in [6.07, 6.45) is 2.59. The Balaban J connectivity index is 1.59. The smallest absolute Gasteiger partial charge is 0.227 e. The highest BCUT2D eigenvalue weighted by Gasteiger charge is 2.40. The number of rotatable bonds is 5. The van der Waals surface area contributed by atoms with Crippen LogP contribution in [0.5, 0.6) is 0 Å². The molecule has 2 aliphatic rings. The average molecular weight is 306 g/mol. The summed E-state index contributed by atoms with van der Waals surface area (Å²) in [5, 5.41) is 0. The molecule has 0 aliphatic carbocycles. The molecule has 5 heteroatoms. The van der Waals surface area contributed by atoms with Crippen LogP contribution in [0.4, 0.5) is 4.39 Å². The zero-order valence-corrected chi connectivity index (χ0v) is 13.0. The van der Waals surface area contributed by atoms with Crippen LogP contribution >= 0.6 is 0 Å². The maximum atomic E-state index is 13.2. The van der Waals surface area contributed by atoms with Crippen LogP contribution in [0.15, 0.2) is 24.3 Å². The van der Waals surface area contributed by atoms with Crippen molar-refractivity contribution in [2.75, 3.05) is 33.4 Å². The van der Waals surface area contributed by atoms with Gasteiger partial charge >= 0.3 is 0 Å². The molecule has 0 radical (unpaired) electrons. The summed E-state index contributed by atoms with van der Waals surface area (Å²) < 4.78 is 18.4. The second-order valence-electron chi connectivity index (χ2n) is 6.22. The van der Waals surface area contributed by atoms with Crippen molar-refractivity contribution in [1.29, 1.82) is 0 Å². The van der Waals surface area contributed by atoms with E-state index in [0.717, 1.165) is 44.6 Å². The summed E-state index contributed by atoms with van der Waals surface area (Å²) in [5.41, 5.74) is 0.749. The Hall–Kier alpha value is -1.46. The molecule has 2 saturated heterocycles. The summed E-state index contributed by atoms with van der Waals surface area (Å²) in [5.74, 6) is -0.177. The zero-order chi connectivity index (χ0) is 15.5. The Kier molecular flexibility index (Phi) is 4.74. The summed E-state index contributed by atoms with van der Waals surface area (Å²) >= 11 is 0. The third-order valence-corrected chi connectivity index (χ3v) is 4.78. The number of hydrogen-bond donors (Lipinski definition) is 0. The molecule has 120 valence electrons. The molecule has 2 atom stereocenters. The average Bonchev–Trinajstić information content (AvgIpc) is 2.73. The fraction of sp³-hybridized carbons (Fsp3) is 0.588. The molecule has 2 bridgehead atoms. The molecule has 2 aliphatic heterocycles. The van der Waals surface area contributed by atoms with E-state index in [-0.39, 0.29) is 18.1 Å². The van der Waals surface area contributed by atoms with Gasteiger partial charge in [0.2, 0.25) is 5.91 Å². The summed E-state index contributed by atoms with van der Waals surface area (Å²) in [4.78, 5) is 16.9. The number of hydrogen-bond acceptors (Lipinski definition) is 3. The number of halogens is 1. The maximum Gasteiger partial charge on any atom is 0.227 e. The minimum absolute atomic E-state index is 0.105. The van der Waals surface area contributed by atoms with Crippen molar-refractivity contribution in [3.05, 3.63) is 35.6 Å². The van der Waals surface area contributed by atoms with Crippen molar-refractivity contribution in [3.8, 4) is 0 Å². The molecule has 1 aromatic carbocycles. The standard InChI is InChI=1S/C17H23FN2O2/c1-22-8-7-20-15-5-6-16(20)12-19(11-15)17(21)10-13-3-2-4-14(18)9-13/h2-4,9,15-16H,5-8,10-12H2,1H3/t15-,16-/m0/s1. The van der Waals surface area contributed by atoms with E-state index in [0.29, 0.717) is 12.1 Å². The molecule has 0 spiro atoms. The van der Waals surface area contributed by atoms with E-state index < -0.39 is 0 Å². The molecule has 1 amide bonds. The number of fused-ring (bicyclic) bond motifs is 2. The van der Waals surface area contributed by atoms with E-state index >= 15 is 0 Å². The number of nitrogens with zero attached hydrogens (tertiary/aromatic N) is 2. The number of carbonyl (C=O) groups is 1. The molecule has 2 heterocycles. The van der Waals surface area contributed by atoms with Crippen LogP contribution in [-0.4, -0.2) is 61.1 Å². The Morgan fingerprint density at radius 2 is 2.05 bits per heavy atom. The summed E-state index contributed by atoms with van der Waals surface area (Å²) in [7, 11) is 1.72. The predicted molar refractivity (Wildman–Crippen MR) is 82.1 cm³/mol. The lowest BCUT2D eigenvalue weighted by atomic mass is 10.1. The predicted octanol–water partition coefficient (Wildman–Crippen LogP) is 1.69. The monoisotopic (exact) mass is 306 g/mol. The maximum absolute atomic E-state index is 13.2. The first-order chi connectivity index (χ1) is 10.7. The quantitative estimate of drug-likeness (QED) is 0.830. The van der Waals surface area contributed by atoms with Gasteiger partial charge in [-0.15, -0.1) is 0 Å². The van der Waals surface area contributed by atoms with Crippen LogP contribution in [0.25, 0.3) is 0 Å². The first kappa shape index (κ1) is 15.4. The molecule has 0 saturated carbocycles. The van der Waals surface area contributed by atoms with Gasteiger partial charge in [0.1, 0.15) is 5.82 Å². The van der Waals surface area contributed by atoms with Crippen LogP contribution < -0.4 is 0 Å². The lowest BCUT2D eigenvalue weighted by molar-refractivity contribution is -0.134. The van der Waals surface area contributed by atoms with Crippen LogP contribution in [-0.2, 0) is 16.0 Å². The van der Waals surface area contributed by atoms with Gasteiger partial charge in [0, 0.05) is 38.8 Å². The van der Waals surface area contributed by atoms with Crippen LogP contribution in [0.2, 0.25) is 0 Å². The molecule has 0 unspecified atom stereocenters. The van der Waals surface area contributed by atoms with Gasteiger partial charge in [0.15, 0.2) is 0 Å². The van der Waals surface area contributed by atoms with Gasteiger partial charge in [0.25, 0.3) is 0 Å². The lowest BCUT2D eigenvalue weighted by Gasteiger charge is -2.41. The molecule has 1 aromatic rings. The number of amides is 1. The van der Waals surface area contributed by atoms with Gasteiger partial charge in [-0.25, -0.2) is 4.39 Å². The van der Waals surface area contributed by atoms with Gasteiger partial charge in [-0.05, 0) is 30.5 Å². The highest BCUT2D eigenvalue weighted by atomic mass is 19.1. The molecule has 4 nitrogen and oxygen atoms in total. The highest BCUT2D eigenvalue weighted by Crippen LogP contribution is 2.30. The van der Waals surface area contributed by atoms with Crippen molar-refractivity contribution < 1.29 is 13.9 Å². The fourth-order valence-electron chi connectivity index (χ4n) is 3.69. The van der Waals surface area contributed by atoms with E-state index in [1.54, 1.807) is 13.2 Å². The first-order valence-electron chi connectivity index (χ1n) is 7.94. The van der Waals surface area contributed by atoms with E-state index in [2.05, 4.69) is 4.90 Å². The summed E-state index contributed by atoms with van der Waals surface area (Å²) in [6.45, 7) is 3.25. The topological polar surface area (TPSA) is 32.8 Å². The van der Waals surface area contributed by atoms with Gasteiger partial charge in [-0.1, -0.05) is 12.1 Å². The van der Waals surface area contributed by atoms with Gasteiger partial charge in [-0.2, -0.15) is 0 Å². The Bertz CT molecular complexity index is 523. The number of likely N-dealkylation sites (tertiary alicyclic amines) is 1. The second kappa shape index (κ2) is 6.75. The van der Waals surface area contributed by atoms with E-state index in [1.807, 2.05) is 11.0 Å². The third kappa shape index (κ3) is 3.31. The van der Waals surface area contributed by atoms with Gasteiger partial charge in [-0.3, -0.25) is 9.69 Å². The van der Waals surface area contributed by atoms with Crippen molar-refractivity contribution in [1.82, 2.24) is 9.80 Å². The first-order valence-corrected chi connectivity index (χ1v) is 7.94. The third-order valence-electron chi connectivity index (χ3n) is 4.78. The Labute approximate surface area is 130 Å². The Morgan fingerprint density at radius 1 is 1.32 bits per heavy atom. The van der Waals surface area contributed by atoms with Crippen LogP contribution in [0.1, 0.15) is 18.4 Å². The molecule has 3 rings (SSSR count). The number of methoxy groups -OCH3 is 1. The Morgan fingerprint density at radius 3 is 2.68 bits per heavy atom. The molecular formula is C17H23FN2O2. The number of ether oxygens (including phenoxy) is 1. The molecular weight excluding hydrogens is 283 g/mol. The van der Waals surface area contributed by atoms with Crippen molar-refractivity contribution in [2.24, 2.45) is 0 Å². The molecule has 2 fully saturated rings. The minimum atomic E-state index is -0.283. The van der Waals surface area contributed by atoms with Crippen LogP contribution in [0.3, 0.4) is 0 Å². The zero-order valence-electron chi connectivity index (χ0n) is 13.0. The minimum Gasteiger partial charge on any atom is -0.383 e. The van der Waals surface area contributed by atoms with E-state index in [4.69, 9.17) is 4.74 Å². The van der Waals surface area contributed by atoms with E-state index in [1.165, 1.54) is 12.1 Å². The van der Waals surface area contributed by atoms with Gasteiger partial charge < -0.3 is 9.64 Å². The highest BCUT2D eigenvalue weighted by molar-refractivity contribution is 5.79. The molecule has 22 heavy (non-hydrogen) atoms. The summed E-state index contributed by atoms with van der Waals surface area (Å²) in [6, 6.07) is 7.22. The fourth-order valence-corrected chi connectivity index (χ4v) is 3.69. The second-order valence-corrected chi connectivity index (χ2v) is 6.22.